The predicted molar refractivity (Wildman–Crippen MR) is 97.6 cm³/mol. The topological polar surface area (TPSA) is 44.8 Å². The first-order valence-electron chi connectivity index (χ1n) is 8.16. The Bertz CT molecular complexity index is 673. The summed E-state index contributed by atoms with van der Waals surface area (Å²) < 4.78 is 17.0. The quantitative estimate of drug-likeness (QED) is 0.486. The fraction of sp³-hybridized carbons (Fsp3) is 0.286. The molecular weight excluding hydrogens is 316 g/mol. The Morgan fingerprint density at radius 1 is 1.04 bits per heavy atom. The van der Waals surface area contributed by atoms with E-state index < -0.39 is 5.79 Å². The van der Waals surface area contributed by atoms with Gasteiger partial charge in [0.05, 0.1) is 6.61 Å². The van der Waals surface area contributed by atoms with E-state index in [-0.39, 0.29) is 5.78 Å². The Morgan fingerprint density at radius 2 is 1.68 bits per heavy atom. The van der Waals surface area contributed by atoms with Gasteiger partial charge in [-0.05, 0) is 23.8 Å². The fourth-order valence-corrected chi connectivity index (χ4v) is 2.60. The molecule has 4 nitrogen and oxygen atoms in total. The van der Waals surface area contributed by atoms with Crippen LogP contribution < -0.4 is 4.74 Å². The molecule has 0 fully saturated rings. The molecule has 132 valence electrons. The van der Waals surface area contributed by atoms with Crippen LogP contribution in [0.4, 0.5) is 0 Å². The highest BCUT2D eigenvalue weighted by Gasteiger charge is 2.32. The molecule has 0 N–H and O–H groups in total. The van der Waals surface area contributed by atoms with Crippen molar-refractivity contribution in [2.45, 2.75) is 18.6 Å². The van der Waals surface area contributed by atoms with Crippen LogP contribution in [0.1, 0.15) is 17.5 Å². The van der Waals surface area contributed by atoms with E-state index in [1.54, 1.807) is 14.2 Å². The van der Waals surface area contributed by atoms with Gasteiger partial charge in [-0.2, -0.15) is 0 Å². The van der Waals surface area contributed by atoms with Crippen LogP contribution in [-0.2, 0) is 26.5 Å². The van der Waals surface area contributed by atoms with Crippen molar-refractivity contribution in [2.75, 3.05) is 20.8 Å². The Kier molecular flexibility index (Phi) is 6.92. The number of ketones is 1. The standard InChI is InChI=1S/C21H24O4/c1-4-19(22)14-15-25-20-12-10-17(11-13-20)16-21(23-2,24-3)18-8-6-5-7-9-18/h4-13H,1,14-16H2,2-3H3. The lowest BCUT2D eigenvalue weighted by atomic mass is 9.97. The third kappa shape index (κ3) is 5.02. The van der Waals surface area contributed by atoms with Gasteiger partial charge in [0.1, 0.15) is 5.75 Å². The zero-order valence-corrected chi connectivity index (χ0v) is 14.7. The number of allylic oxidation sites excluding steroid dienone is 1. The van der Waals surface area contributed by atoms with Crippen LogP contribution in [0.5, 0.6) is 5.75 Å². The van der Waals surface area contributed by atoms with Gasteiger partial charge in [-0.3, -0.25) is 4.79 Å². The summed E-state index contributed by atoms with van der Waals surface area (Å²) in [7, 11) is 3.29. The highest BCUT2D eigenvalue weighted by atomic mass is 16.7. The van der Waals surface area contributed by atoms with Gasteiger partial charge in [-0.25, -0.2) is 0 Å². The lowest BCUT2D eigenvalue weighted by Gasteiger charge is -2.31. The number of hydrogen-bond donors (Lipinski definition) is 0. The van der Waals surface area contributed by atoms with Crippen molar-refractivity contribution in [1.29, 1.82) is 0 Å². The van der Waals surface area contributed by atoms with E-state index in [2.05, 4.69) is 6.58 Å². The maximum Gasteiger partial charge on any atom is 0.198 e. The molecule has 2 aromatic rings. The van der Waals surface area contributed by atoms with E-state index >= 15 is 0 Å². The predicted octanol–water partition coefficient (Wildman–Crippen LogP) is 3.90. The third-order valence-electron chi connectivity index (χ3n) is 4.08. The lowest BCUT2D eigenvalue weighted by molar-refractivity contribution is -0.215. The molecule has 0 aliphatic rings. The Labute approximate surface area is 149 Å². The largest absolute Gasteiger partial charge is 0.493 e. The van der Waals surface area contributed by atoms with Gasteiger partial charge in [-0.15, -0.1) is 0 Å². The van der Waals surface area contributed by atoms with Gasteiger partial charge in [0.2, 0.25) is 0 Å². The molecule has 0 bridgehead atoms. The number of hydrogen-bond acceptors (Lipinski definition) is 4. The van der Waals surface area contributed by atoms with Crippen LogP contribution in [0.2, 0.25) is 0 Å². The van der Waals surface area contributed by atoms with E-state index in [9.17, 15) is 4.79 Å². The molecule has 0 saturated carbocycles. The van der Waals surface area contributed by atoms with Crippen LogP contribution in [0.3, 0.4) is 0 Å². The van der Waals surface area contributed by atoms with Crippen molar-refractivity contribution in [3.05, 3.63) is 78.4 Å². The minimum atomic E-state index is -0.833. The summed E-state index contributed by atoms with van der Waals surface area (Å²) in [5.41, 5.74) is 2.02. The molecule has 0 atom stereocenters. The summed E-state index contributed by atoms with van der Waals surface area (Å²) in [4.78, 5) is 11.2. The summed E-state index contributed by atoms with van der Waals surface area (Å²) >= 11 is 0. The van der Waals surface area contributed by atoms with Gasteiger partial charge in [0.25, 0.3) is 0 Å². The summed E-state index contributed by atoms with van der Waals surface area (Å²) in [6.07, 6.45) is 2.21. The first kappa shape index (κ1) is 18.9. The first-order chi connectivity index (χ1) is 12.1. The molecule has 0 spiro atoms. The number of carbonyl (C=O) groups excluding carboxylic acids is 1. The second kappa shape index (κ2) is 9.16. The molecule has 0 aromatic heterocycles. The smallest absolute Gasteiger partial charge is 0.198 e. The molecule has 2 aromatic carbocycles. The zero-order valence-electron chi connectivity index (χ0n) is 14.7. The van der Waals surface area contributed by atoms with Crippen molar-refractivity contribution in [2.24, 2.45) is 0 Å². The molecule has 0 saturated heterocycles. The summed E-state index contributed by atoms with van der Waals surface area (Å²) in [5, 5.41) is 0. The molecule has 0 amide bonds. The summed E-state index contributed by atoms with van der Waals surface area (Å²) in [6.45, 7) is 3.79. The van der Waals surface area contributed by atoms with Crippen molar-refractivity contribution in [3.8, 4) is 5.75 Å². The molecule has 25 heavy (non-hydrogen) atoms. The average molecular weight is 340 g/mol. The van der Waals surface area contributed by atoms with E-state index in [0.717, 1.165) is 16.9 Å². The number of ether oxygens (including phenoxy) is 3. The van der Waals surface area contributed by atoms with E-state index in [0.29, 0.717) is 19.4 Å². The van der Waals surface area contributed by atoms with Crippen LogP contribution in [-0.4, -0.2) is 26.6 Å². The number of benzene rings is 2. The van der Waals surface area contributed by atoms with Crippen molar-refractivity contribution in [3.63, 3.8) is 0 Å². The maximum absolute atomic E-state index is 11.2. The first-order valence-corrected chi connectivity index (χ1v) is 8.16. The molecular formula is C21H24O4. The number of rotatable bonds is 10. The van der Waals surface area contributed by atoms with Crippen LogP contribution in [0.25, 0.3) is 0 Å². The van der Waals surface area contributed by atoms with Crippen LogP contribution >= 0.6 is 0 Å². The van der Waals surface area contributed by atoms with E-state index in [1.165, 1.54) is 6.08 Å². The summed E-state index contributed by atoms with van der Waals surface area (Å²) in [5.74, 6) is -0.134. The van der Waals surface area contributed by atoms with Crippen molar-refractivity contribution >= 4 is 5.78 Å². The Balaban J connectivity index is 2.05. The highest BCUT2D eigenvalue weighted by Crippen LogP contribution is 2.30. The van der Waals surface area contributed by atoms with E-state index in [4.69, 9.17) is 14.2 Å². The normalized spacial score (nSPS) is 11.1. The van der Waals surface area contributed by atoms with Crippen molar-refractivity contribution in [1.82, 2.24) is 0 Å². The van der Waals surface area contributed by atoms with Gasteiger partial charge in [-0.1, -0.05) is 49.0 Å². The number of methoxy groups -OCH3 is 2. The zero-order chi connectivity index (χ0) is 18.1. The molecule has 0 unspecified atom stereocenters. The van der Waals surface area contributed by atoms with Crippen molar-refractivity contribution < 1.29 is 19.0 Å². The minimum absolute atomic E-state index is 0.0237. The second-order valence-electron chi connectivity index (χ2n) is 5.62. The SMILES string of the molecule is C=CC(=O)CCOc1ccc(CC(OC)(OC)c2ccccc2)cc1. The summed E-state index contributed by atoms with van der Waals surface area (Å²) in [6, 6.07) is 17.6. The molecule has 4 heteroatoms. The highest BCUT2D eigenvalue weighted by molar-refractivity contribution is 5.89. The minimum Gasteiger partial charge on any atom is -0.493 e. The maximum atomic E-state index is 11.2. The lowest BCUT2D eigenvalue weighted by Crippen LogP contribution is -2.33. The molecule has 0 aliphatic heterocycles. The third-order valence-corrected chi connectivity index (χ3v) is 4.08. The number of carbonyl (C=O) groups is 1. The van der Waals surface area contributed by atoms with E-state index in [1.807, 2.05) is 54.6 Å². The molecule has 0 radical (unpaired) electrons. The Morgan fingerprint density at radius 3 is 2.24 bits per heavy atom. The Hall–Kier alpha value is -2.43. The van der Waals surface area contributed by atoms with Crippen LogP contribution in [0.15, 0.2) is 67.3 Å². The molecule has 2 rings (SSSR count). The molecule has 0 heterocycles. The van der Waals surface area contributed by atoms with Gasteiger partial charge >= 0.3 is 0 Å². The monoisotopic (exact) mass is 340 g/mol. The van der Waals surface area contributed by atoms with Gasteiger partial charge in [0.15, 0.2) is 11.6 Å². The molecule has 0 aliphatic carbocycles. The fourth-order valence-electron chi connectivity index (χ4n) is 2.60. The van der Waals surface area contributed by atoms with Gasteiger partial charge < -0.3 is 14.2 Å². The average Bonchev–Trinajstić information content (AvgIpc) is 2.68. The van der Waals surface area contributed by atoms with Gasteiger partial charge in [0, 0.05) is 32.6 Å². The second-order valence-corrected chi connectivity index (χ2v) is 5.62. The van der Waals surface area contributed by atoms with Crippen LogP contribution in [0, 0.1) is 0 Å².